The van der Waals surface area contributed by atoms with Crippen LogP contribution in [0.3, 0.4) is 0 Å². The number of hydrogen-bond donors (Lipinski definition) is 2. The van der Waals surface area contributed by atoms with Crippen molar-refractivity contribution in [2.45, 2.75) is 32.8 Å². The third-order valence-electron chi connectivity index (χ3n) is 4.06. The summed E-state index contributed by atoms with van der Waals surface area (Å²) < 4.78 is 5.68. The molecule has 0 heterocycles. The molecule has 0 bridgehead atoms. The Morgan fingerprint density at radius 3 is 2.34 bits per heavy atom. The van der Waals surface area contributed by atoms with Gasteiger partial charge in [-0.1, -0.05) is 24.3 Å². The molecule has 0 atom stereocenters. The maximum atomic E-state index is 12.6. The van der Waals surface area contributed by atoms with E-state index in [-0.39, 0.29) is 23.0 Å². The summed E-state index contributed by atoms with van der Waals surface area (Å²) >= 11 is 5.26. The number of nitrogens with one attached hydrogen (secondary N) is 2. The van der Waals surface area contributed by atoms with E-state index in [2.05, 4.69) is 10.6 Å². The highest BCUT2D eigenvalue weighted by Gasteiger charge is 2.14. The summed E-state index contributed by atoms with van der Waals surface area (Å²) in [7, 11) is 3.50. The van der Waals surface area contributed by atoms with Gasteiger partial charge in [-0.05, 0) is 62.3 Å². The molecule has 7 heteroatoms. The van der Waals surface area contributed by atoms with Crippen LogP contribution in [0.1, 0.15) is 36.2 Å². The lowest BCUT2D eigenvalue weighted by molar-refractivity contribution is -0.128. The van der Waals surface area contributed by atoms with E-state index in [1.165, 1.54) is 0 Å². The molecule has 0 saturated heterocycles. The minimum absolute atomic E-state index is 0.0411. The highest BCUT2D eigenvalue weighted by molar-refractivity contribution is 7.80. The summed E-state index contributed by atoms with van der Waals surface area (Å²) in [5, 5.41) is 5.87. The lowest BCUT2D eigenvalue weighted by Gasteiger charge is -2.15. The first-order valence-corrected chi connectivity index (χ1v) is 9.84. The van der Waals surface area contributed by atoms with Crippen LogP contribution in [0, 0.1) is 0 Å². The van der Waals surface area contributed by atoms with E-state index in [1.54, 1.807) is 37.2 Å². The summed E-state index contributed by atoms with van der Waals surface area (Å²) in [4.78, 5) is 25.8. The number of benzene rings is 2. The summed E-state index contributed by atoms with van der Waals surface area (Å²) in [6, 6.07) is 14.6. The molecule has 0 aliphatic heterocycles. The zero-order chi connectivity index (χ0) is 21.4. The average molecular weight is 414 g/mol. The quantitative estimate of drug-likeness (QED) is 0.679. The van der Waals surface area contributed by atoms with Crippen molar-refractivity contribution in [1.82, 2.24) is 10.2 Å². The van der Waals surface area contributed by atoms with Crippen LogP contribution in [0.25, 0.3) is 0 Å². The van der Waals surface area contributed by atoms with Crippen molar-refractivity contribution in [2.75, 3.05) is 19.4 Å². The molecule has 2 amide bonds. The van der Waals surface area contributed by atoms with Crippen molar-refractivity contribution in [3.63, 3.8) is 0 Å². The van der Waals surface area contributed by atoms with E-state index < -0.39 is 0 Å². The van der Waals surface area contributed by atoms with Gasteiger partial charge in [-0.2, -0.15) is 0 Å². The van der Waals surface area contributed by atoms with Gasteiger partial charge >= 0.3 is 0 Å². The summed E-state index contributed by atoms with van der Waals surface area (Å²) in [5.74, 6) is 0.273. The Morgan fingerprint density at radius 2 is 1.72 bits per heavy atom. The van der Waals surface area contributed by atoms with Crippen LogP contribution in [0.4, 0.5) is 5.69 Å². The minimum atomic E-state index is -0.336. The Bertz CT molecular complexity index is 864. The van der Waals surface area contributed by atoms with Gasteiger partial charge in [0, 0.05) is 26.2 Å². The van der Waals surface area contributed by atoms with Crippen LogP contribution < -0.4 is 15.4 Å². The first-order valence-electron chi connectivity index (χ1n) is 9.43. The van der Waals surface area contributed by atoms with Crippen molar-refractivity contribution < 1.29 is 14.3 Å². The Hall–Kier alpha value is -2.93. The highest BCUT2D eigenvalue weighted by Crippen LogP contribution is 2.19. The van der Waals surface area contributed by atoms with Gasteiger partial charge < -0.3 is 15.0 Å². The van der Waals surface area contributed by atoms with E-state index in [0.29, 0.717) is 24.2 Å². The monoisotopic (exact) mass is 413 g/mol. The number of rotatable bonds is 7. The maximum Gasteiger partial charge on any atom is 0.261 e. The van der Waals surface area contributed by atoms with Gasteiger partial charge in [0.1, 0.15) is 5.75 Å². The van der Waals surface area contributed by atoms with Crippen molar-refractivity contribution in [3.8, 4) is 5.75 Å². The lowest BCUT2D eigenvalue weighted by atomic mass is 10.1. The second-order valence-corrected chi connectivity index (χ2v) is 7.46. The number of para-hydroxylation sites is 1. The van der Waals surface area contributed by atoms with Gasteiger partial charge in [-0.25, -0.2) is 0 Å². The van der Waals surface area contributed by atoms with Crippen molar-refractivity contribution >= 4 is 34.8 Å². The fourth-order valence-electron chi connectivity index (χ4n) is 2.57. The van der Waals surface area contributed by atoms with Crippen molar-refractivity contribution in [3.05, 3.63) is 59.7 Å². The molecule has 0 fully saturated rings. The Labute approximate surface area is 177 Å². The molecular weight excluding hydrogens is 386 g/mol. The van der Waals surface area contributed by atoms with Crippen LogP contribution in [0.15, 0.2) is 48.5 Å². The van der Waals surface area contributed by atoms with E-state index in [4.69, 9.17) is 17.0 Å². The SMILES string of the molecule is CC(C)Oc1ccccc1C(=O)NC(=S)Nc1ccc(CCC(=O)N(C)C)cc1. The largest absolute Gasteiger partial charge is 0.490 e. The fraction of sp³-hybridized carbons (Fsp3) is 0.318. The van der Waals surface area contributed by atoms with Gasteiger partial charge in [0.2, 0.25) is 5.91 Å². The summed E-state index contributed by atoms with van der Waals surface area (Å²) in [5.41, 5.74) is 2.23. The fourth-order valence-corrected chi connectivity index (χ4v) is 2.78. The standard InChI is InChI=1S/C22H27N3O3S/c1-15(2)28-19-8-6-5-7-18(19)21(27)24-22(29)23-17-12-9-16(10-13-17)11-14-20(26)25(3)4/h5-10,12-13,15H,11,14H2,1-4H3,(H2,23,24,27,29). The lowest BCUT2D eigenvalue weighted by Crippen LogP contribution is -2.34. The van der Waals surface area contributed by atoms with Gasteiger partial charge in [-0.15, -0.1) is 0 Å². The molecule has 0 aliphatic carbocycles. The Kier molecular flexibility index (Phi) is 8.15. The topological polar surface area (TPSA) is 70.7 Å². The number of carbonyl (C=O) groups is 2. The molecule has 2 aromatic carbocycles. The first-order chi connectivity index (χ1) is 13.8. The second kappa shape index (κ2) is 10.6. The molecule has 154 valence electrons. The van der Waals surface area contributed by atoms with Gasteiger partial charge in [0.05, 0.1) is 11.7 Å². The van der Waals surface area contributed by atoms with E-state index in [0.717, 1.165) is 11.3 Å². The van der Waals surface area contributed by atoms with Gasteiger partial charge in [0.15, 0.2) is 5.11 Å². The second-order valence-electron chi connectivity index (χ2n) is 7.06. The van der Waals surface area contributed by atoms with Crippen LogP contribution in [-0.2, 0) is 11.2 Å². The molecule has 0 aromatic heterocycles. The molecule has 2 aromatic rings. The molecule has 6 nitrogen and oxygen atoms in total. The summed E-state index contributed by atoms with van der Waals surface area (Å²) in [6.07, 6.45) is 1.09. The number of anilines is 1. The number of aryl methyl sites for hydroxylation is 1. The third kappa shape index (κ3) is 7.19. The molecule has 0 aliphatic rings. The number of hydrogen-bond acceptors (Lipinski definition) is 4. The molecule has 2 N–H and O–H groups in total. The zero-order valence-corrected chi connectivity index (χ0v) is 18.0. The van der Waals surface area contributed by atoms with Crippen molar-refractivity contribution in [2.24, 2.45) is 0 Å². The van der Waals surface area contributed by atoms with Crippen LogP contribution in [0.2, 0.25) is 0 Å². The van der Waals surface area contributed by atoms with E-state index >= 15 is 0 Å². The number of thiocarbonyl (C=S) groups is 1. The normalized spacial score (nSPS) is 10.4. The molecule has 2 rings (SSSR count). The number of amides is 2. The van der Waals surface area contributed by atoms with Gasteiger partial charge in [-0.3, -0.25) is 14.9 Å². The van der Waals surface area contributed by atoms with Crippen LogP contribution in [-0.4, -0.2) is 42.0 Å². The van der Waals surface area contributed by atoms with E-state index in [9.17, 15) is 9.59 Å². The molecule has 0 spiro atoms. The zero-order valence-electron chi connectivity index (χ0n) is 17.2. The maximum absolute atomic E-state index is 12.6. The number of nitrogens with zero attached hydrogens (tertiary/aromatic N) is 1. The summed E-state index contributed by atoms with van der Waals surface area (Å²) in [6.45, 7) is 3.81. The van der Waals surface area contributed by atoms with Crippen LogP contribution in [0.5, 0.6) is 5.75 Å². The average Bonchev–Trinajstić information content (AvgIpc) is 2.66. The minimum Gasteiger partial charge on any atom is -0.490 e. The van der Waals surface area contributed by atoms with E-state index in [1.807, 2.05) is 44.2 Å². The molecule has 0 radical (unpaired) electrons. The molecule has 0 unspecified atom stereocenters. The first kappa shape index (κ1) is 22.4. The molecular formula is C22H27N3O3S. The van der Waals surface area contributed by atoms with Crippen LogP contribution >= 0.6 is 12.2 Å². The predicted molar refractivity (Wildman–Crippen MR) is 119 cm³/mol. The third-order valence-corrected chi connectivity index (χ3v) is 4.26. The molecule has 0 saturated carbocycles. The number of carbonyl (C=O) groups excluding carboxylic acids is 2. The molecule has 29 heavy (non-hydrogen) atoms. The van der Waals surface area contributed by atoms with Crippen molar-refractivity contribution in [1.29, 1.82) is 0 Å². The highest BCUT2D eigenvalue weighted by atomic mass is 32.1. The van der Waals surface area contributed by atoms with Gasteiger partial charge in [0.25, 0.3) is 5.91 Å². The Balaban J connectivity index is 1.92. The Morgan fingerprint density at radius 1 is 1.07 bits per heavy atom. The predicted octanol–water partition coefficient (Wildman–Crippen LogP) is 3.62. The smallest absolute Gasteiger partial charge is 0.261 e. The number of ether oxygens (including phenoxy) is 1.